The maximum atomic E-state index is 12.7. The predicted molar refractivity (Wildman–Crippen MR) is 104 cm³/mol. The first kappa shape index (κ1) is 19.4. The summed E-state index contributed by atoms with van der Waals surface area (Å²) in [5.41, 5.74) is 2.51. The Morgan fingerprint density at radius 2 is 2.19 bits per heavy atom. The van der Waals surface area contributed by atoms with Crippen LogP contribution < -0.4 is 5.32 Å². The molecule has 1 aliphatic rings. The number of likely N-dealkylation sites (tertiary alicyclic amines) is 1. The molecule has 146 valence electrons. The lowest BCUT2D eigenvalue weighted by Gasteiger charge is -2.34. The fourth-order valence-corrected chi connectivity index (χ4v) is 3.80. The Bertz CT molecular complexity index is 828. The molecule has 1 aliphatic heterocycles. The number of nitrogens with zero attached hydrogens (tertiary/aromatic N) is 1. The molecule has 7 heteroatoms. The van der Waals surface area contributed by atoms with Crippen molar-refractivity contribution in [3.63, 3.8) is 0 Å². The van der Waals surface area contributed by atoms with E-state index in [2.05, 4.69) is 15.2 Å². The largest absolute Gasteiger partial charge is 0.464 e. The van der Waals surface area contributed by atoms with Gasteiger partial charge >= 0.3 is 5.97 Å². The van der Waals surface area contributed by atoms with Crippen molar-refractivity contribution in [3.8, 4) is 0 Å². The second-order valence-corrected chi connectivity index (χ2v) is 7.10. The topological polar surface area (TPSA) is 94.7 Å². The zero-order valence-corrected chi connectivity index (χ0v) is 15.9. The average molecular weight is 373 g/mol. The van der Waals surface area contributed by atoms with E-state index in [0.717, 1.165) is 42.3 Å². The summed E-state index contributed by atoms with van der Waals surface area (Å²) in [5, 5.41) is 13.0. The first-order valence-electron chi connectivity index (χ1n) is 9.39. The minimum Gasteiger partial charge on any atom is -0.464 e. The Kier molecular flexibility index (Phi) is 6.13. The molecule has 1 atom stereocenters. The number of nitrogens with one attached hydrogen (secondary N) is 2. The maximum Gasteiger partial charge on any atom is 0.356 e. The number of benzene rings is 1. The van der Waals surface area contributed by atoms with Gasteiger partial charge in [-0.1, -0.05) is 18.1 Å². The second kappa shape index (κ2) is 8.54. The highest BCUT2D eigenvalue weighted by molar-refractivity contribution is 6.11. The standard InChI is InChI=1S/C20H27N3O4/c1-13-6-7-16-15(11-13)18(19(21-16)20(26)27-2)22-17(25)12-23-9-4-3-5-14(23)8-10-24/h6-7,11,14,21,24H,3-5,8-10,12H2,1-2H3,(H,22,25)/t14-/m0/s1. The summed E-state index contributed by atoms with van der Waals surface area (Å²) < 4.78 is 4.86. The number of esters is 1. The maximum absolute atomic E-state index is 12.7. The monoisotopic (exact) mass is 373 g/mol. The number of aromatic amines is 1. The number of amides is 1. The van der Waals surface area contributed by atoms with Crippen LogP contribution >= 0.6 is 0 Å². The molecule has 0 aliphatic carbocycles. The quantitative estimate of drug-likeness (QED) is 0.676. The van der Waals surface area contributed by atoms with Crippen molar-refractivity contribution in [2.45, 2.75) is 38.6 Å². The number of piperidine rings is 1. The Balaban J connectivity index is 1.83. The lowest BCUT2D eigenvalue weighted by molar-refractivity contribution is -0.118. The number of aromatic nitrogens is 1. The number of aliphatic hydroxyl groups is 1. The lowest BCUT2D eigenvalue weighted by atomic mass is 9.99. The van der Waals surface area contributed by atoms with Gasteiger partial charge in [-0.3, -0.25) is 9.69 Å². The summed E-state index contributed by atoms with van der Waals surface area (Å²) in [6.07, 6.45) is 3.84. The third-order valence-corrected chi connectivity index (χ3v) is 5.17. The molecular weight excluding hydrogens is 346 g/mol. The number of aryl methyl sites for hydroxylation is 1. The SMILES string of the molecule is COC(=O)c1[nH]c2ccc(C)cc2c1NC(=O)CN1CCCC[C@H]1CCO. The minimum atomic E-state index is -0.518. The van der Waals surface area contributed by atoms with Gasteiger partial charge in [0.1, 0.15) is 5.69 Å². The van der Waals surface area contributed by atoms with Crippen molar-refractivity contribution >= 4 is 28.5 Å². The molecule has 3 N–H and O–H groups in total. The van der Waals surface area contributed by atoms with Gasteiger partial charge in [0.25, 0.3) is 0 Å². The number of carbonyl (C=O) groups is 2. The summed E-state index contributed by atoms with van der Waals surface area (Å²) in [7, 11) is 1.32. The number of rotatable bonds is 6. The van der Waals surface area contributed by atoms with Gasteiger partial charge in [-0.25, -0.2) is 4.79 Å². The molecule has 0 saturated carbocycles. The normalized spacial score (nSPS) is 17.8. The molecule has 0 unspecified atom stereocenters. The van der Waals surface area contributed by atoms with Gasteiger partial charge in [-0.15, -0.1) is 0 Å². The first-order chi connectivity index (χ1) is 13.0. The van der Waals surface area contributed by atoms with Crippen LogP contribution in [0.1, 0.15) is 41.7 Å². The number of hydrogen-bond acceptors (Lipinski definition) is 5. The van der Waals surface area contributed by atoms with Crippen molar-refractivity contribution < 1.29 is 19.4 Å². The van der Waals surface area contributed by atoms with Crippen LogP contribution in [0.5, 0.6) is 0 Å². The smallest absolute Gasteiger partial charge is 0.356 e. The summed E-state index contributed by atoms with van der Waals surface area (Å²) in [6.45, 7) is 3.17. The zero-order valence-electron chi connectivity index (χ0n) is 15.9. The van der Waals surface area contributed by atoms with Crippen LogP contribution in [-0.4, -0.2) is 59.7 Å². The van der Waals surface area contributed by atoms with Gasteiger partial charge < -0.3 is 20.1 Å². The molecule has 1 aromatic heterocycles. The average Bonchev–Trinajstić information content (AvgIpc) is 3.00. The zero-order chi connectivity index (χ0) is 19.4. The van der Waals surface area contributed by atoms with Gasteiger partial charge in [0, 0.05) is 23.6 Å². The van der Waals surface area contributed by atoms with Crippen LogP contribution in [0, 0.1) is 6.92 Å². The van der Waals surface area contributed by atoms with Gasteiger partial charge in [0.15, 0.2) is 0 Å². The van der Waals surface area contributed by atoms with Crippen molar-refractivity contribution in [2.24, 2.45) is 0 Å². The molecular formula is C20H27N3O4. The molecule has 27 heavy (non-hydrogen) atoms. The lowest BCUT2D eigenvalue weighted by Crippen LogP contribution is -2.44. The summed E-state index contributed by atoms with van der Waals surface area (Å²) in [4.78, 5) is 30.1. The molecule has 3 rings (SSSR count). The van der Waals surface area contributed by atoms with E-state index in [1.54, 1.807) is 0 Å². The number of carbonyl (C=O) groups excluding carboxylic acids is 2. The number of ether oxygens (including phenoxy) is 1. The van der Waals surface area contributed by atoms with E-state index in [1.165, 1.54) is 7.11 Å². The number of hydrogen-bond donors (Lipinski definition) is 3. The summed E-state index contributed by atoms with van der Waals surface area (Å²) >= 11 is 0. The van der Waals surface area contributed by atoms with Gasteiger partial charge in [0.05, 0.1) is 19.3 Å². The van der Waals surface area contributed by atoms with Crippen molar-refractivity contribution in [2.75, 3.05) is 32.1 Å². The van der Waals surface area contributed by atoms with E-state index in [0.29, 0.717) is 12.1 Å². The van der Waals surface area contributed by atoms with Crippen LogP contribution in [0.3, 0.4) is 0 Å². The molecule has 1 amide bonds. The van der Waals surface area contributed by atoms with Crippen molar-refractivity contribution in [3.05, 3.63) is 29.5 Å². The number of anilines is 1. The minimum absolute atomic E-state index is 0.122. The number of H-pyrrole nitrogens is 1. The fourth-order valence-electron chi connectivity index (χ4n) is 3.80. The van der Waals surface area contributed by atoms with Gasteiger partial charge in [-0.2, -0.15) is 0 Å². The van der Waals surface area contributed by atoms with Crippen molar-refractivity contribution in [1.29, 1.82) is 0 Å². The highest BCUT2D eigenvalue weighted by atomic mass is 16.5. The summed E-state index contributed by atoms with van der Waals surface area (Å²) in [5.74, 6) is -0.692. The number of methoxy groups -OCH3 is 1. The van der Waals surface area contributed by atoms with E-state index in [9.17, 15) is 14.7 Å². The molecule has 7 nitrogen and oxygen atoms in total. The second-order valence-electron chi connectivity index (χ2n) is 7.10. The number of aliphatic hydroxyl groups excluding tert-OH is 1. The molecule has 2 heterocycles. The van der Waals surface area contributed by atoms with Gasteiger partial charge in [0.2, 0.25) is 5.91 Å². The molecule has 1 saturated heterocycles. The van der Waals surface area contributed by atoms with E-state index >= 15 is 0 Å². The highest BCUT2D eigenvalue weighted by Crippen LogP contribution is 2.29. The highest BCUT2D eigenvalue weighted by Gasteiger charge is 2.25. The van der Waals surface area contributed by atoms with Crippen LogP contribution in [0.15, 0.2) is 18.2 Å². The van der Waals surface area contributed by atoms with Gasteiger partial charge in [-0.05, 0) is 44.9 Å². The van der Waals surface area contributed by atoms with Crippen LogP contribution in [0.25, 0.3) is 10.9 Å². The predicted octanol–water partition coefficient (Wildman–Crippen LogP) is 2.44. The van der Waals surface area contributed by atoms with Crippen LogP contribution in [0.2, 0.25) is 0 Å². The van der Waals surface area contributed by atoms with Crippen LogP contribution in [0.4, 0.5) is 5.69 Å². The Morgan fingerprint density at radius 1 is 1.37 bits per heavy atom. The Hall–Kier alpha value is -2.38. The van der Waals surface area contributed by atoms with E-state index in [-0.39, 0.29) is 30.8 Å². The molecule has 1 aromatic carbocycles. The van der Waals surface area contributed by atoms with E-state index < -0.39 is 5.97 Å². The van der Waals surface area contributed by atoms with Crippen LogP contribution in [-0.2, 0) is 9.53 Å². The molecule has 1 fully saturated rings. The molecule has 0 radical (unpaired) electrons. The third-order valence-electron chi connectivity index (χ3n) is 5.17. The fraction of sp³-hybridized carbons (Fsp3) is 0.500. The van der Waals surface area contributed by atoms with E-state index in [4.69, 9.17) is 4.74 Å². The molecule has 0 bridgehead atoms. The summed E-state index contributed by atoms with van der Waals surface area (Å²) in [6, 6.07) is 5.98. The third kappa shape index (κ3) is 4.31. The Labute approximate surface area is 158 Å². The van der Waals surface area contributed by atoms with Crippen molar-refractivity contribution in [1.82, 2.24) is 9.88 Å². The first-order valence-corrected chi connectivity index (χ1v) is 9.39. The Morgan fingerprint density at radius 3 is 2.93 bits per heavy atom. The molecule has 0 spiro atoms. The van der Waals surface area contributed by atoms with E-state index in [1.807, 2.05) is 25.1 Å². The molecule has 2 aromatic rings. The number of fused-ring (bicyclic) bond motifs is 1.